The standard InChI is InChI=1S/C61H79F2N9O7/c1-35(64-10)53(73)68-51(60(4,5)6)58(78)71-33-42-20-13-12-19-41(42)30-49(71)57(77)70(37(3)44-23-17-24-46(62)50(44)63)32-38-26-28-40(29-27-38)55(75)66-43-31-48(56(76)67-47-25-16-21-39-18-14-15-22-45(39)47)72(34-43)59(79)52(61(7,8)9)69-54(74)36(2)65-11/h12-15,17-20,22-24,26-29,35-37,43,47-49,51-52,64-65H,16,21,25,30-34H2,1-11H3,(H,66,75)(H,67,76)(H,68,73)(H,69,74)/t35-,36-,37-,43-,47+,48-,49-,51+,52+/m0/s1. The van der Waals surface area contributed by atoms with E-state index in [0.717, 1.165) is 47.6 Å². The molecule has 424 valence electrons. The SMILES string of the molecule is CN[C@@H](C)C(=O)N[C@H](C(=O)N1C[C@@H](NC(=O)c2ccc(CN(C(=O)[C@@H]3Cc4ccccc4CN3C(=O)[C@@H](NC(=O)[C@H](C)NC)C(C)(C)C)[C@@H](C)c3cccc(F)c3F)cc2)C[C@H]1C(=O)N[C@@H]1CCCc2ccccc21)C(C)(C)C. The van der Waals surface area contributed by atoms with Crippen LogP contribution in [0.2, 0.25) is 0 Å². The van der Waals surface area contributed by atoms with Gasteiger partial charge in [0.25, 0.3) is 5.91 Å². The highest BCUT2D eigenvalue weighted by Crippen LogP contribution is 2.35. The van der Waals surface area contributed by atoms with Gasteiger partial charge < -0.3 is 46.6 Å². The molecule has 18 heteroatoms. The van der Waals surface area contributed by atoms with E-state index >= 15 is 9.18 Å². The molecule has 0 saturated carbocycles. The number of aryl methyl sites for hydroxylation is 1. The second-order valence-electron chi connectivity index (χ2n) is 23.6. The Hall–Kier alpha value is -7.05. The van der Waals surface area contributed by atoms with Gasteiger partial charge in [0.05, 0.1) is 24.2 Å². The van der Waals surface area contributed by atoms with E-state index in [1.807, 2.05) is 84.0 Å². The average Bonchev–Trinajstić information content (AvgIpc) is 3.98. The molecular weight excluding hydrogens is 1010 g/mol. The summed E-state index contributed by atoms with van der Waals surface area (Å²) in [6.45, 7) is 15.9. The quantitative estimate of drug-likeness (QED) is 0.0715. The van der Waals surface area contributed by atoms with Gasteiger partial charge in [-0.25, -0.2) is 8.78 Å². The molecule has 2 heterocycles. The van der Waals surface area contributed by atoms with Crippen LogP contribution in [-0.2, 0) is 54.7 Å². The zero-order valence-electron chi connectivity index (χ0n) is 47.5. The molecule has 0 radical (unpaired) electrons. The molecule has 0 unspecified atom stereocenters. The number of fused-ring (bicyclic) bond motifs is 2. The topological polar surface area (TPSA) is 201 Å². The Morgan fingerprint density at radius 2 is 1.24 bits per heavy atom. The van der Waals surface area contributed by atoms with Crippen molar-refractivity contribution in [3.8, 4) is 0 Å². The van der Waals surface area contributed by atoms with E-state index in [1.54, 1.807) is 59.1 Å². The van der Waals surface area contributed by atoms with E-state index in [2.05, 4.69) is 38.0 Å². The Morgan fingerprint density at radius 3 is 1.84 bits per heavy atom. The number of halogens is 2. The Balaban J connectivity index is 1.16. The number of likely N-dealkylation sites (tertiary alicyclic amines) is 1. The van der Waals surface area contributed by atoms with Gasteiger partial charge in [-0.2, -0.15) is 0 Å². The number of hydrogen-bond donors (Lipinski definition) is 6. The third-order valence-corrected chi connectivity index (χ3v) is 15.9. The summed E-state index contributed by atoms with van der Waals surface area (Å²) in [5, 5.41) is 17.9. The fourth-order valence-corrected chi connectivity index (χ4v) is 10.8. The van der Waals surface area contributed by atoms with Crippen molar-refractivity contribution in [3.63, 3.8) is 0 Å². The van der Waals surface area contributed by atoms with Gasteiger partial charge in [-0.3, -0.25) is 33.6 Å². The largest absolute Gasteiger partial charge is 0.347 e. The van der Waals surface area contributed by atoms with Gasteiger partial charge in [0.1, 0.15) is 24.2 Å². The van der Waals surface area contributed by atoms with Gasteiger partial charge >= 0.3 is 0 Å². The number of nitrogens with one attached hydrogen (secondary N) is 6. The van der Waals surface area contributed by atoms with Crippen LogP contribution in [0, 0.1) is 22.5 Å². The van der Waals surface area contributed by atoms with Gasteiger partial charge in [0, 0.05) is 43.2 Å². The zero-order chi connectivity index (χ0) is 57.7. The number of likely N-dealkylation sites (N-methyl/N-ethyl adjacent to an activating group) is 2. The van der Waals surface area contributed by atoms with E-state index in [4.69, 9.17) is 0 Å². The lowest BCUT2D eigenvalue weighted by Crippen LogP contribution is -2.62. The minimum Gasteiger partial charge on any atom is -0.347 e. The van der Waals surface area contributed by atoms with Gasteiger partial charge in [0.2, 0.25) is 35.4 Å². The molecular formula is C61H79F2N9O7. The summed E-state index contributed by atoms with van der Waals surface area (Å²) >= 11 is 0. The number of benzene rings is 4. The Kier molecular flexibility index (Phi) is 18.8. The van der Waals surface area contributed by atoms with E-state index in [-0.39, 0.29) is 61.5 Å². The van der Waals surface area contributed by atoms with Crippen LogP contribution in [0.15, 0.2) is 91.0 Å². The van der Waals surface area contributed by atoms with Crippen molar-refractivity contribution >= 4 is 41.4 Å². The third kappa shape index (κ3) is 13.7. The number of hydrogen-bond acceptors (Lipinski definition) is 9. The summed E-state index contributed by atoms with van der Waals surface area (Å²) in [7, 11) is 3.28. The molecule has 0 bridgehead atoms. The van der Waals surface area contributed by atoms with E-state index in [1.165, 1.54) is 26.8 Å². The first-order chi connectivity index (χ1) is 37.3. The predicted octanol–water partition coefficient (Wildman–Crippen LogP) is 6.18. The monoisotopic (exact) mass is 1090 g/mol. The molecule has 4 aromatic carbocycles. The second-order valence-corrected chi connectivity index (χ2v) is 23.6. The van der Waals surface area contributed by atoms with Crippen LogP contribution >= 0.6 is 0 Å². The van der Waals surface area contributed by atoms with Gasteiger partial charge in [-0.05, 0) is 117 Å². The highest BCUT2D eigenvalue weighted by Gasteiger charge is 2.47. The average molecular weight is 1090 g/mol. The lowest BCUT2D eigenvalue weighted by molar-refractivity contribution is -0.152. The van der Waals surface area contributed by atoms with Gasteiger partial charge in [-0.1, -0.05) is 114 Å². The molecule has 79 heavy (non-hydrogen) atoms. The summed E-state index contributed by atoms with van der Waals surface area (Å²) in [6.07, 6.45) is 2.69. The minimum absolute atomic E-state index is 0.0132. The minimum atomic E-state index is -1.12. The lowest BCUT2D eigenvalue weighted by Gasteiger charge is -2.43. The number of amides is 7. The van der Waals surface area contributed by atoms with E-state index in [9.17, 15) is 33.2 Å². The number of nitrogens with zero attached hydrogens (tertiary/aromatic N) is 3. The summed E-state index contributed by atoms with van der Waals surface area (Å²) in [4.78, 5) is 105. The molecule has 7 amide bonds. The maximum atomic E-state index is 15.8. The van der Waals surface area contributed by atoms with E-state index < -0.39 is 100 Å². The van der Waals surface area contributed by atoms with Crippen LogP contribution in [0.1, 0.15) is 137 Å². The van der Waals surface area contributed by atoms with Crippen LogP contribution in [0.25, 0.3) is 0 Å². The van der Waals surface area contributed by atoms with Crippen LogP contribution < -0.4 is 31.9 Å². The molecule has 1 saturated heterocycles. The van der Waals surface area contributed by atoms with Gasteiger partial charge in [0.15, 0.2) is 11.6 Å². The zero-order valence-corrected chi connectivity index (χ0v) is 47.5. The second kappa shape index (κ2) is 25.0. The van der Waals surface area contributed by atoms with Crippen molar-refractivity contribution in [2.45, 2.75) is 162 Å². The highest BCUT2D eigenvalue weighted by molar-refractivity contribution is 5.97. The Bertz CT molecular complexity index is 2900. The molecule has 0 spiro atoms. The van der Waals surface area contributed by atoms with Crippen LogP contribution in [0.5, 0.6) is 0 Å². The lowest BCUT2D eigenvalue weighted by atomic mass is 9.84. The molecule has 4 aromatic rings. The Labute approximate surface area is 463 Å². The maximum Gasteiger partial charge on any atom is 0.251 e. The molecule has 6 N–H and O–H groups in total. The fourth-order valence-electron chi connectivity index (χ4n) is 10.8. The van der Waals surface area contributed by atoms with Crippen molar-refractivity contribution < 1.29 is 42.3 Å². The summed E-state index contributed by atoms with van der Waals surface area (Å²) in [5.74, 6) is -5.32. The summed E-state index contributed by atoms with van der Waals surface area (Å²) < 4.78 is 30.7. The van der Waals surface area contributed by atoms with Crippen LogP contribution in [0.3, 0.4) is 0 Å². The predicted molar refractivity (Wildman–Crippen MR) is 298 cm³/mol. The van der Waals surface area contributed by atoms with Crippen molar-refractivity contribution in [2.24, 2.45) is 10.8 Å². The highest BCUT2D eigenvalue weighted by atomic mass is 19.2. The molecule has 3 aliphatic rings. The molecule has 9 atom stereocenters. The van der Waals surface area contributed by atoms with Crippen molar-refractivity contribution in [1.29, 1.82) is 0 Å². The first-order valence-corrected chi connectivity index (χ1v) is 27.5. The van der Waals surface area contributed by atoms with Crippen molar-refractivity contribution in [2.75, 3.05) is 20.6 Å². The number of carbonyl (C=O) groups excluding carboxylic acids is 7. The molecule has 16 nitrogen and oxygen atoms in total. The normalized spacial score (nSPS) is 20.1. The van der Waals surface area contributed by atoms with Crippen LogP contribution in [0.4, 0.5) is 8.78 Å². The summed E-state index contributed by atoms with van der Waals surface area (Å²) in [6, 6.07) is 18.3. The third-order valence-electron chi connectivity index (χ3n) is 15.9. The number of rotatable bonds is 17. The van der Waals surface area contributed by atoms with Crippen LogP contribution in [-0.4, -0.2) is 119 Å². The van der Waals surface area contributed by atoms with Crippen molar-refractivity contribution in [1.82, 2.24) is 46.6 Å². The maximum absolute atomic E-state index is 15.8. The Morgan fingerprint density at radius 1 is 0.671 bits per heavy atom. The molecule has 1 aliphatic carbocycles. The van der Waals surface area contributed by atoms with Crippen molar-refractivity contribution in [3.05, 3.63) is 142 Å². The first kappa shape index (κ1) is 59.6. The van der Waals surface area contributed by atoms with E-state index in [0.29, 0.717) is 5.56 Å². The molecule has 1 fully saturated rings. The molecule has 2 aliphatic heterocycles. The first-order valence-electron chi connectivity index (χ1n) is 27.5. The fraction of sp³-hybridized carbons (Fsp3) is 0.492. The smallest absolute Gasteiger partial charge is 0.251 e. The molecule has 7 rings (SSSR count). The molecule has 0 aromatic heterocycles. The van der Waals surface area contributed by atoms with Gasteiger partial charge in [-0.15, -0.1) is 0 Å². The summed E-state index contributed by atoms with van der Waals surface area (Å²) in [5.41, 5.74) is 2.98. The number of carbonyl (C=O) groups is 7.